The van der Waals surface area contributed by atoms with Gasteiger partial charge in [0.2, 0.25) is 0 Å². The van der Waals surface area contributed by atoms with Crippen molar-refractivity contribution in [2.75, 3.05) is 13.1 Å². The van der Waals surface area contributed by atoms with Gasteiger partial charge in [0.15, 0.2) is 0 Å². The molecule has 1 heterocycles. The molecule has 1 fully saturated rings. The topological polar surface area (TPSA) is 46.9 Å². The van der Waals surface area contributed by atoms with Crippen LogP contribution in [0.3, 0.4) is 0 Å². The van der Waals surface area contributed by atoms with Gasteiger partial charge in [-0.1, -0.05) is 19.3 Å². The van der Waals surface area contributed by atoms with Crippen LogP contribution in [0, 0.1) is 5.92 Å². The molecule has 2 rings (SSSR count). The first kappa shape index (κ1) is 12.3. The van der Waals surface area contributed by atoms with Crippen molar-refractivity contribution in [1.82, 2.24) is 14.9 Å². The fraction of sp³-hybridized carbons (Fsp3) is 0.692. The zero-order valence-electron chi connectivity index (χ0n) is 10.3. The van der Waals surface area contributed by atoms with Crippen molar-refractivity contribution in [3.8, 4) is 0 Å². The van der Waals surface area contributed by atoms with Crippen LogP contribution in [0.1, 0.15) is 32.1 Å². The minimum atomic E-state index is -0.160. The summed E-state index contributed by atoms with van der Waals surface area (Å²) in [5, 5.41) is 3.44. The highest BCUT2D eigenvalue weighted by atomic mass is 16.1. The van der Waals surface area contributed by atoms with Gasteiger partial charge >= 0.3 is 5.69 Å². The summed E-state index contributed by atoms with van der Waals surface area (Å²) in [6, 6.07) is 1.79. The molecule has 0 radical (unpaired) electrons. The van der Waals surface area contributed by atoms with Crippen LogP contribution in [0.4, 0.5) is 0 Å². The quantitative estimate of drug-likeness (QED) is 0.785. The van der Waals surface area contributed by atoms with E-state index in [1.165, 1.54) is 38.3 Å². The lowest BCUT2D eigenvalue weighted by molar-refractivity contribution is 0.340. The summed E-state index contributed by atoms with van der Waals surface area (Å²) in [5.74, 6) is 0.842. The van der Waals surface area contributed by atoms with Crippen LogP contribution in [0.25, 0.3) is 0 Å². The number of aromatic nitrogens is 2. The molecule has 17 heavy (non-hydrogen) atoms. The summed E-state index contributed by atoms with van der Waals surface area (Å²) in [4.78, 5) is 15.1. The maximum Gasteiger partial charge on any atom is 0.347 e. The first-order valence-electron chi connectivity index (χ1n) is 6.58. The predicted molar refractivity (Wildman–Crippen MR) is 67.9 cm³/mol. The third kappa shape index (κ3) is 3.97. The molecule has 0 atom stereocenters. The standard InChI is InChI=1S/C13H21N3O/c17-13-15-7-4-9-16(13)10-8-14-11-12-5-2-1-3-6-12/h4,7,9,12,14H,1-3,5-6,8,10-11H2. The van der Waals surface area contributed by atoms with Gasteiger partial charge in [0.05, 0.1) is 0 Å². The van der Waals surface area contributed by atoms with Gasteiger partial charge in [-0.25, -0.2) is 9.78 Å². The van der Waals surface area contributed by atoms with Gasteiger partial charge in [-0.05, 0) is 31.4 Å². The predicted octanol–water partition coefficient (Wildman–Crippen LogP) is 1.41. The number of nitrogens with one attached hydrogen (secondary N) is 1. The van der Waals surface area contributed by atoms with Crippen molar-refractivity contribution >= 4 is 0 Å². The third-order valence-corrected chi connectivity index (χ3v) is 3.47. The Morgan fingerprint density at radius 1 is 1.35 bits per heavy atom. The summed E-state index contributed by atoms with van der Waals surface area (Å²) in [5.41, 5.74) is -0.160. The van der Waals surface area contributed by atoms with Gasteiger partial charge in [0.25, 0.3) is 0 Å². The van der Waals surface area contributed by atoms with E-state index >= 15 is 0 Å². The van der Waals surface area contributed by atoms with E-state index in [9.17, 15) is 4.79 Å². The number of hydrogen-bond donors (Lipinski definition) is 1. The minimum Gasteiger partial charge on any atom is -0.315 e. The summed E-state index contributed by atoms with van der Waals surface area (Å²) >= 11 is 0. The van der Waals surface area contributed by atoms with Gasteiger partial charge in [0.1, 0.15) is 0 Å². The van der Waals surface area contributed by atoms with Crippen LogP contribution in [-0.4, -0.2) is 22.6 Å². The minimum absolute atomic E-state index is 0.160. The number of nitrogens with zero attached hydrogens (tertiary/aromatic N) is 2. The van der Waals surface area contributed by atoms with E-state index in [1.54, 1.807) is 16.8 Å². The van der Waals surface area contributed by atoms with Crippen LogP contribution in [0.15, 0.2) is 23.3 Å². The second kappa shape index (κ2) is 6.55. The molecule has 0 bridgehead atoms. The van der Waals surface area contributed by atoms with E-state index in [0.29, 0.717) is 6.54 Å². The Kier molecular flexibility index (Phi) is 4.74. The Labute approximate surface area is 102 Å². The average Bonchev–Trinajstić information content (AvgIpc) is 2.38. The molecule has 0 aliphatic heterocycles. The zero-order chi connectivity index (χ0) is 11.9. The van der Waals surface area contributed by atoms with Gasteiger partial charge in [-0.2, -0.15) is 0 Å². The molecule has 0 aromatic carbocycles. The Bertz CT molecular complexity index is 382. The monoisotopic (exact) mass is 235 g/mol. The normalized spacial score (nSPS) is 17.2. The molecule has 1 saturated carbocycles. The van der Waals surface area contributed by atoms with Crippen molar-refractivity contribution in [2.45, 2.75) is 38.6 Å². The van der Waals surface area contributed by atoms with Crippen molar-refractivity contribution < 1.29 is 0 Å². The van der Waals surface area contributed by atoms with E-state index < -0.39 is 0 Å². The molecular weight excluding hydrogens is 214 g/mol. The van der Waals surface area contributed by atoms with Crippen LogP contribution < -0.4 is 11.0 Å². The van der Waals surface area contributed by atoms with Crippen LogP contribution in [-0.2, 0) is 6.54 Å². The highest BCUT2D eigenvalue weighted by Crippen LogP contribution is 2.22. The maximum atomic E-state index is 11.3. The first-order valence-corrected chi connectivity index (χ1v) is 6.58. The average molecular weight is 235 g/mol. The second-order valence-corrected chi connectivity index (χ2v) is 4.80. The molecule has 0 amide bonds. The van der Waals surface area contributed by atoms with Crippen molar-refractivity contribution in [2.24, 2.45) is 5.92 Å². The van der Waals surface area contributed by atoms with E-state index in [2.05, 4.69) is 10.3 Å². The summed E-state index contributed by atoms with van der Waals surface area (Å²) in [6.07, 6.45) is 10.2. The molecule has 4 nitrogen and oxygen atoms in total. The van der Waals surface area contributed by atoms with Gasteiger partial charge in [-0.15, -0.1) is 0 Å². The van der Waals surface area contributed by atoms with Crippen molar-refractivity contribution in [3.63, 3.8) is 0 Å². The fourth-order valence-electron chi connectivity index (χ4n) is 2.45. The Morgan fingerprint density at radius 3 is 2.94 bits per heavy atom. The molecule has 4 heteroatoms. The van der Waals surface area contributed by atoms with Crippen molar-refractivity contribution in [3.05, 3.63) is 28.9 Å². The van der Waals surface area contributed by atoms with E-state index in [0.717, 1.165) is 19.0 Å². The zero-order valence-corrected chi connectivity index (χ0v) is 10.3. The lowest BCUT2D eigenvalue weighted by Crippen LogP contribution is -2.31. The molecule has 1 aromatic heterocycles. The first-order chi connectivity index (χ1) is 8.36. The lowest BCUT2D eigenvalue weighted by atomic mass is 9.89. The second-order valence-electron chi connectivity index (χ2n) is 4.80. The Morgan fingerprint density at radius 2 is 2.18 bits per heavy atom. The molecule has 1 aliphatic rings. The third-order valence-electron chi connectivity index (χ3n) is 3.47. The Balaban J connectivity index is 1.66. The number of hydrogen-bond acceptors (Lipinski definition) is 3. The van der Waals surface area contributed by atoms with Crippen LogP contribution >= 0.6 is 0 Å². The highest BCUT2D eigenvalue weighted by Gasteiger charge is 2.12. The van der Waals surface area contributed by atoms with E-state index in [4.69, 9.17) is 0 Å². The van der Waals surface area contributed by atoms with Gasteiger partial charge < -0.3 is 5.32 Å². The molecular formula is C13H21N3O. The Hall–Kier alpha value is -1.16. The summed E-state index contributed by atoms with van der Waals surface area (Å²) in [7, 11) is 0. The molecule has 1 aliphatic carbocycles. The van der Waals surface area contributed by atoms with Crippen LogP contribution in [0.5, 0.6) is 0 Å². The van der Waals surface area contributed by atoms with E-state index in [1.807, 2.05) is 0 Å². The summed E-state index contributed by atoms with van der Waals surface area (Å²) in [6.45, 7) is 2.65. The van der Waals surface area contributed by atoms with Gasteiger partial charge in [-0.3, -0.25) is 4.57 Å². The SMILES string of the molecule is O=c1ncccn1CCNCC1CCCCC1. The maximum absolute atomic E-state index is 11.3. The molecule has 0 spiro atoms. The molecule has 1 N–H and O–H groups in total. The molecule has 0 saturated heterocycles. The smallest absolute Gasteiger partial charge is 0.315 e. The van der Waals surface area contributed by atoms with Gasteiger partial charge in [0, 0.05) is 25.5 Å². The van der Waals surface area contributed by atoms with Crippen LogP contribution in [0.2, 0.25) is 0 Å². The number of rotatable bonds is 5. The molecule has 0 unspecified atom stereocenters. The summed E-state index contributed by atoms with van der Waals surface area (Å²) < 4.78 is 1.65. The highest BCUT2D eigenvalue weighted by molar-refractivity contribution is 4.81. The molecule has 94 valence electrons. The lowest BCUT2D eigenvalue weighted by Gasteiger charge is -2.21. The van der Waals surface area contributed by atoms with Crippen molar-refractivity contribution in [1.29, 1.82) is 0 Å². The largest absolute Gasteiger partial charge is 0.347 e. The van der Waals surface area contributed by atoms with E-state index in [-0.39, 0.29) is 5.69 Å². The molecule has 1 aromatic rings. The fourth-order valence-corrected chi connectivity index (χ4v) is 2.45.